The second kappa shape index (κ2) is 5.10. The van der Waals surface area contributed by atoms with Crippen molar-refractivity contribution in [1.82, 2.24) is 4.90 Å². The van der Waals surface area contributed by atoms with Gasteiger partial charge in [0.05, 0.1) is 4.34 Å². The smallest absolute Gasteiger partial charge is 0.124 e. The minimum atomic E-state index is 0.229. The van der Waals surface area contributed by atoms with Crippen LogP contribution < -0.4 is 0 Å². The number of rotatable bonds is 3. The monoisotopic (exact) mass is 243 g/mol. The molecule has 4 heteroatoms. The van der Waals surface area contributed by atoms with E-state index in [9.17, 15) is 4.79 Å². The van der Waals surface area contributed by atoms with Gasteiger partial charge in [0.25, 0.3) is 0 Å². The van der Waals surface area contributed by atoms with Crippen molar-refractivity contribution in [1.29, 1.82) is 0 Å². The number of carbonyl (C=O) groups is 1. The Labute approximate surface area is 98.8 Å². The predicted molar refractivity (Wildman–Crippen MR) is 63.4 cm³/mol. The third-order valence-electron chi connectivity index (χ3n) is 2.76. The highest BCUT2D eigenvalue weighted by molar-refractivity contribution is 7.14. The quantitative estimate of drug-likeness (QED) is 0.761. The van der Waals surface area contributed by atoms with Crippen LogP contribution in [-0.4, -0.2) is 24.3 Å². The minimum absolute atomic E-state index is 0.229. The summed E-state index contributed by atoms with van der Waals surface area (Å²) in [6.07, 6.45) is 3.26. The van der Waals surface area contributed by atoms with Gasteiger partial charge in [0.15, 0.2) is 0 Å². The standard InChI is InChI=1S/C11H14ClNOS/c12-11-4-10(8-15-11)6-13-3-1-2-9(5-13)7-14/h4,7-9H,1-3,5-6H2. The summed E-state index contributed by atoms with van der Waals surface area (Å²) in [5.74, 6) is 0.229. The van der Waals surface area contributed by atoms with Gasteiger partial charge in [0, 0.05) is 19.0 Å². The average molecular weight is 244 g/mol. The molecule has 0 aromatic carbocycles. The number of nitrogens with zero attached hydrogens (tertiary/aromatic N) is 1. The topological polar surface area (TPSA) is 20.3 Å². The highest BCUT2D eigenvalue weighted by atomic mass is 35.5. The number of aldehydes is 1. The molecule has 0 radical (unpaired) electrons. The molecule has 1 aliphatic rings. The lowest BCUT2D eigenvalue weighted by molar-refractivity contribution is -0.112. The van der Waals surface area contributed by atoms with E-state index in [1.54, 1.807) is 11.3 Å². The maximum absolute atomic E-state index is 10.7. The Morgan fingerprint density at radius 1 is 1.67 bits per heavy atom. The Morgan fingerprint density at radius 2 is 2.53 bits per heavy atom. The molecule has 82 valence electrons. The summed E-state index contributed by atoms with van der Waals surface area (Å²) in [5, 5.41) is 2.09. The molecule has 1 aliphatic heterocycles. The molecule has 1 aromatic heterocycles. The molecule has 15 heavy (non-hydrogen) atoms. The third kappa shape index (κ3) is 3.03. The molecule has 2 rings (SSSR count). The lowest BCUT2D eigenvalue weighted by atomic mass is 9.99. The van der Waals surface area contributed by atoms with E-state index in [-0.39, 0.29) is 5.92 Å². The Kier molecular flexibility index (Phi) is 3.78. The van der Waals surface area contributed by atoms with Crippen molar-refractivity contribution in [3.05, 3.63) is 21.3 Å². The summed E-state index contributed by atoms with van der Waals surface area (Å²) in [5.41, 5.74) is 1.26. The lowest BCUT2D eigenvalue weighted by Crippen LogP contribution is -2.35. The van der Waals surface area contributed by atoms with Crippen LogP contribution in [0.4, 0.5) is 0 Å². The van der Waals surface area contributed by atoms with E-state index in [4.69, 9.17) is 11.6 Å². The van der Waals surface area contributed by atoms with E-state index in [2.05, 4.69) is 10.3 Å². The molecule has 1 aromatic rings. The van der Waals surface area contributed by atoms with E-state index >= 15 is 0 Å². The second-order valence-electron chi connectivity index (χ2n) is 4.03. The number of thiophene rings is 1. The Morgan fingerprint density at radius 3 is 3.20 bits per heavy atom. The van der Waals surface area contributed by atoms with Gasteiger partial charge < -0.3 is 4.79 Å². The van der Waals surface area contributed by atoms with Crippen molar-refractivity contribution >= 4 is 29.2 Å². The molecule has 0 aliphatic carbocycles. The van der Waals surface area contributed by atoms with Crippen LogP contribution in [0.5, 0.6) is 0 Å². The van der Waals surface area contributed by atoms with Crippen LogP contribution in [0.3, 0.4) is 0 Å². The Hall–Kier alpha value is -0.380. The maximum atomic E-state index is 10.7. The minimum Gasteiger partial charge on any atom is -0.303 e. The number of carbonyl (C=O) groups excluding carboxylic acids is 1. The summed E-state index contributed by atoms with van der Waals surface area (Å²) in [4.78, 5) is 13.1. The van der Waals surface area contributed by atoms with Crippen LogP contribution >= 0.6 is 22.9 Å². The number of likely N-dealkylation sites (tertiary alicyclic amines) is 1. The van der Waals surface area contributed by atoms with Crippen molar-refractivity contribution in [3.63, 3.8) is 0 Å². The van der Waals surface area contributed by atoms with Gasteiger partial charge >= 0.3 is 0 Å². The zero-order chi connectivity index (χ0) is 10.7. The van der Waals surface area contributed by atoms with Crippen LogP contribution in [0.2, 0.25) is 4.34 Å². The molecule has 1 saturated heterocycles. The van der Waals surface area contributed by atoms with E-state index in [0.29, 0.717) is 0 Å². The molecule has 1 unspecified atom stereocenters. The average Bonchev–Trinajstić information content (AvgIpc) is 2.64. The molecule has 2 heterocycles. The largest absolute Gasteiger partial charge is 0.303 e. The fourth-order valence-electron chi connectivity index (χ4n) is 2.03. The first-order valence-corrected chi connectivity index (χ1v) is 6.44. The Balaban J connectivity index is 1.91. The van der Waals surface area contributed by atoms with Crippen LogP contribution in [0.25, 0.3) is 0 Å². The van der Waals surface area contributed by atoms with E-state index < -0.39 is 0 Å². The first kappa shape index (κ1) is 11.1. The highest BCUT2D eigenvalue weighted by Gasteiger charge is 2.19. The third-order valence-corrected chi connectivity index (χ3v) is 3.90. The molecule has 0 amide bonds. The normalized spacial score (nSPS) is 22.9. The van der Waals surface area contributed by atoms with Gasteiger partial charge in [-0.25, -0.2) is 0 Å². The van der Waals surface area contributed by atoms with Crippen molar-refractivity contribution in [2.45, 2.75) is 19.4 Å². The first-order chi connectivity index (χ1) is 7.28. The lowest BCUT2D eigenvalue weighted by Gasteiger charge is -2.29. The summed E-state index contributed by atoms with van der Waals surface area (Å²) in [7, 11) is 0. The van der Waals surface area contributed by atoms with Gasteiger partial charge in [-0.3, -0.25) is 4.90 Å². The molecular formula is C11H14ClNOS. The van der Waals surface area contributed by atoms with Crippen molar-refractivity contribution in [2.24, 2.45) is 5.92 Å². The van der Waals surface area contributed by atoms with E-state index in [1.807, 2.05) is 6.07 Å². The molecule has 0 saturated carbocycles. The van der Waals surface area contributed by atoms with E-state index in [1.165, 1.54) is 5.56 Å². The van der Waals surface area contributed by atoms with Gasteiger partial charge in [-0.2, -0.15) is 0 Å². The van der Waals surface area contributed by atoms with Crippen LogP contribution in [0.15, 0.2) is 11.4 Å². The molecular weight excluding hydrogens is 230 g/mol. The van der Waals surface area contributed by atoms with Crippen molar-refractivity contribution < 1.29 is 4.79 Å². The highest BCUT2D eigenvalue weighted by Crippen LogP contribution is 2.23. The Bertz CT molecular complexity index is 339. The summed E-state index contributed by atoms with van der Waals surface area (Å²) < 4.78 is 0.842. The maximum Gasteiger partial charge on any atom is 0.124 e. The van der Waals surface area contributed by atoms with Crippen molar-refractivity contribution in [2.75, 3.05) is 13.1 Å². The molecule has 0 N–H and O–H groups in total. The van der Waals surface area contributed by atoms with E-state index in [0.717, 1.165) is 43.1 Å². The van der Waals surface area contributed by atoms with Gasteiger partial charge in [0.1, 0.15) is 6.29 Å². The fraction of sp³-hybridized carbons (Fsp3) is 0.545. The van der Waals surface area contributed by atoms with Crippen LogP contribution in [0.1, 0.15) is 18.4 Å². The van der Waals surface area contributed by atoms with Gasteiger partial charge in [-0.05, 0) is 36.4 Å². The second-order valence-corrected chi connectivity index (χ2v) is 5.58. The molecule has 1 fully saturated rings. The predicted octanol–water partition coefficient (Wildman–Crippen LogP) is 2.81. The SMILES string of the molecule is O=CC1CCCN(Cc2csc(Cl)c2)C1. The number of piperidine rings is 1. The molecule has 0 bridgehead atoms. The van der Waals surface area contributed by atoms with Crippen molar-refractivity contribution in [3.8, 4) is 0 Å². The zero-order valence-electron chi connectivity index (χ0n) is 8.49. The van der Waals surface area contributed by atoms with Gasteiger partial charge in [0.2, 0.25) is 0 Å². The zero-order valence-corrected chi connectivity index (χ0v) is 10.1. The summed E-state index contributed by atoms with van der Waals surface area (Å²) in [6, 6.07) is 2.01. The molecule has 1 atom stereocenters. The molecule has 0 spiro atoms. The number of hydrogen-bond acceptors (Lipinski definition) is 3. The summed E-state index contributed by atoms with van der Waals surface area (Å²) >= 11 is 7.45. The fourth-order valence-corrected chi connectivity index (χ4v) is 2.93. The molecule has 2 nitrogen and oxygen atoms in total. The number of hydrogen-bond donors (Lipinski definition) is 0. The van der Waals surface area contributed by atoms with Crippen LogP contribution in [0, 0.1) is 5.92 Å². The van der Waals surface area contributed by atoms with Crippen LogP contribution in [-0.2, 0) is 11.3 Å². The summed E-state index contributed by atoms with van der Waals surface area (Å²) in [6.45, 7) is 2.92. The van der Waals surface area contributed by atoms with Gasteiger partial charge in [-0.1, -0.05) is 11.6 Å². The first-order valence-electron chi connectivity index (χ1n) is 5.18. The number of halogens is 1. The van der Waals surface area contributed by atoms with Gasteiger partial charge in [-0.15, -0.1) is 11.3 Å².